The number of benzene rings is 2. The molecule has 1 N–H and O–H groups in total. The van der Waals surface area contributed by atoms with Gasteiger partial charge in [-0.1, -0.05) is 49.4 Å². The lowest BCUT2D eigenvalue weighted by Gasteiger charge is -2.19. The number of hydrogen-bond acceptors (Lipinski definition) is 4. The number of thiophene rings is 1. The summed E-state index contributed by atoms with van der Waals surface area (Å²) in [5.74, 6) is -0.0978. The largest absolute Gasteiger partial charge is 0.295 e. The molecule has 0 aliphatic rings. The zero-order valence-electron chi connectivity index (χ0n) is 15.2. The van der Waals surface area contributed by atoms with Crippen LogP contribution in [-0.4, -0.2) is 14.2 Å². The average Bonchev–Trinajstić information content (AvgIpc) is 3.21. The van der Waals surface area contributed by atoms with Gasteiger partial charge in [0.05, 0.1) is 10.9 Å². The molecule has 0 saturated carbocycles. The second-order valence-electron chi connectivity index (χ2n) is 6.25. The zero-order chi connectivity index (χ0) is 19.4. The number of carbonyl (C=O) groups excluding carboxylic acids is 1. The lowest BCUT2D eigenvalue weighted by atomic mass is 10.0. The third kappa shape index (κ3) is 4.53. The Hall–Kier alpha value is -2.28. The summed E-state index contributed by atoms with van der Waals surface area (Å²) in [5.41, 5.74) is 2.57. The monoisotopic (exact) mass is 399 g/mol. The van der Waals surface area contributed by atoms with Crippen LogP contribution in [0.25, 0.3) is 0 Å². The molecule has 0 radical (unpaired) electrons. The third-order valence-electron chi connectivity index (χ3n) is 4.39. The molecule has 1 aromatic heterocycles. The third-order valence-corrected chi connectivity index (χ3v) is 6.77. The lowest BCUT2D eigenvalue weighted by Crippen LogP contribution is -2.29. The van der Waals surface area contributed by atoms with Crippen LogP contribution in [0, 0.1) is 0 Å². The fourth-order valence-electron chi connectivity index (χ4n) is 2.78. The minimum absolute atomic E-state index is 0.0978. The van der Waals surface area contributed by atoms with Crippen LogP contribution in [0.5, 0.6) is 0 Å². The summed E-state index contributed by atoms with van der Waals surface area (Å²) < 4.78 is 28.7. The fraction of sp³-hybridized carbons (Fsp3) is 0.190. The molecule has 3 aromatic rings. The van der Waals surface area contributed by atoms with Gasteiger partial charge >= 0.3 is 0 Å². The van der Waals surface area contributed by atoms with Crippen molar-refractivity contribution in [2.45, 2.75) is 31.2 Å². The quantitative estimate of drug-likeness (QED) is 0.592. The summed E-state index contributed by atoms with van der Waals surface area (Å²) in [6.45, 7) is 3.54. The molecule has 0 saturated heterocycles. The average molecular weight is 400 g/mol. The molecule has 1 atom stereocenters. The van der Waals surface area contributed by atoms with Crippen LogP contribution in [0.15, 0.2) is 70.9 Å². The van der Waals surface area contributed by atoms with E-state index in [1.54, 1.807) is 0 Å². The highest BCUT2D eigenvalue weighted by atomic mass is 32.2. The van der Waals surface area contributed by atoms with Crippen molar-refractivity contribution in [1.29, 1.82) is 0 Å². The summed E-state index contributed by atoms with van der Waals surface area (Å²) >= 11 is 1.51. The minimum atomic E-state index is -3.75. The first-order chi connectivity index (χ1) is 12.9. The zero-order valence-corrected chi connectivity index (χ0v) is 16.8. The molecule has 1 heterocycles. The molecule has 0 fully saturated rings. The molecule has 6 heteroatoms. The van der Waals surface area contributed by atoms with E-state index in [4.69, 9.17) is 0 Å². The Morgan fingerprint density at radius 3 is 2.22 bits per heavy atom. The molecule has 2 aromatic carbocycles. The van der Waals surface area contributed by atoms with Crippen molar-refractivity contribution >= 4 is 27.1 Å². The van der Waals surface area contributed by atoms with Gasteiger partial charge < -0.3 is 0 Å². The Balaban J connectivity index is 1.94. The van der Waals surface area contributed by atoms with Gasteiger partial charge in [-0.05, 0) is 48.1 Å². The van der Waals surface area contributed by atoms with E-state index in [9.17, 15) is 13.2 Å². The standard InChI is InChI=1S/C21H21NO3S2/c1-3-16-6-8-18(9-7-16)21(20-5-4-14-26-20)22-27(24,25)19-12-10-17(11-13-19)15(2)23/h4-14,21-22H,3H2,1-2H3/t21-/m0/s1. The summed E-state index contributed by atoms with van der Waals surface area (Å²) in [6, 6.07) is 17.3. The van der Waals surface area contributed by atoms with Crippen molar-refractivity contribution < 1.29 is 13.2 Å². The van der Waals surface area contributed by atoms with E-state index in [2.05, 4.69) is 11.6 Å². The second kappa shape index (κ2) is 8.17. The molecule has 0 aliphatic heterocycles. The number of hydrogen-bond donors (Lipinski definition) is 1. The Morgan fingerprint density at radius 2 is 1.70 bits per heavy atom. The maximum absolute atomic E-state index is 12.9. The Bertz CT molecular complexity index is 1010. The van der Waals surface area contributed by atoms with Crippen LogP contribution in [0.1, 0.15) is 46.3 Å². The molecular formula is C21H21NO3S2. The van der Waals surface area contributed by atoms with Crippen LogP contribution in [0.4, 0.5) is 0 Å². The molecule has 0 bridgehead atoms. The van der Waals surface area contributed by atoms with Gasteiger partial charge in [-0.3, -0.25) is 4.79 Å². The molecule has 0 spiro atoms. The minimum Gasteiger partial charge on any atom is -0.295 e. The number of aryl methyl sites for hydroxylation is 1. The van der Waals surface area contributed by atoms with E-state index < -0.39 is 16.1 Å². The number of sulfonamides is 1. The maximum atomic E-state index is 12.9. The normalized spacial score (nSPS) is 12.7. The summed E-state index contributed by atoms with van der Waals surface area (Å²) in [7, 11) is -3.75. The Kier molecular flexibility index (Phi) is 5.89. The molecule has 0 unspecified atom stereocenters. The summed E-state index contributed by atoms with van der Waals surface area (Å²) in [5, 5.41) is 1.93. The van der Waals surface area contributed by atoms with Crippen molar-refractivity contribution in [3.05, 3.63) is 87.6 Å². The fourth-order valence-corrected chi connectivity index (χ4v) is 4.86. The first-order valence-electron chi connectivity index (χ1n) is 8.66. The maximum Gasteiger partial charge on any atom is 0.241 e. The number of ketones is 1. The molecule has 3 rings (SSSR count). The Morgan fingerprint density at radius 1 is 1.04 bits per heavy atom. The van der Waals surface area contributed by atoms with Gasteiger partial charge in [0.2, 0.25) is 10.0 Å². The van der Waals surface area contributed by atoms with Gasteiger partial charge in [0, 0.05) is 10.4 Å². The molecule has 27 heavy (non-hydrogen) atoms. The van der Waals surface area contributed by atoms with Gasteiger partial charge in [-0.2, -0.15) is 4.72 Å². The predicted molar refractivity (Wildman–Crippen MR) is 109 cm³/mol. The van der Waals surface area contributed by atoms with Gasteiger partial charge in [0.15, 0.2) is 5.78 Å². The molecule has 0 aliphatic carbocycles. The van der Waals surface area contributed by atoms with Gasteiger partial charge in [0.1, 0.15) is 0 Å². The predicted octanol–water partition coefficient (Wildman–Crippen LogP) is 4.58. The molecule has 0 amide bonds. The van der Waals surface area contributed by atoms with Gasteiger partial charge in [0.25, 0.3) is 0 Å². The highest BCUT2D eigenvalue weighted by molar-refractivity contribution is 7.89. The second-order valence-corrected chi connectivity index (χ2v) is 8.94. The van der Waals surface area contributed by atoms with Crippen molar-refractivity contribution in [3.63, 3.8) is 0 Å². The molecular weight excluding hydrogens is 378 g/mol. The van der Waals surface area contributed by atoms with Crippen molar-refractivity contribution in [2.24, 2.45) is 0 Å². The number of carbonyl (C=O) groups is 1. The van der Waals surface area contributed by atoms with Crippen LogP contribution in [-0.2, 0) is 16.4 Å². The highest BCUT2D eigenvalue weighted by Crippen LogP contribution is 2.28. The number of Topliss-reactive ketones (excluding diaryl/α,β-unsaturated/α-hetero) is 1. The van der Waals surface area contributed by atoms with Crippen molar-refractivity contribution in [1.82, 2.24) is 4.72 Å². The number of nitrogens with one attached hydrogen (secondary N) is 1. The van der Waals surface area contributed by atoms with E-state index in [1.165, 1.54) is 48.1 Å². The van der Waals surface area contributed by atoms with E-state index in [0.717, 1.165) is 16.9 Å². The number of rotatable bonds is 7. The van der Waals surface area contributed by atoms with Gasteiger partial charge in [-0.15, -0.1) is 11.3 Å². The first-order valence-corrected chi connectivity index (χ1v) is 11.0. The lowest BCUT2D eigenvalue weighted by molar-refractivity contribution is 0.101. The topological polar surface area (TPSA) is 63.2 Å². The van der Waals surface area contributed by atoms with Crippen LogP contribution in [0.3, 0.4) is 0 Å². The molecule has 140 valence electrons. The van der Waals surface area contributed by atoms with Gasteiger partial charge in [-0.25, -0.2) is 8.42 Å². The highest BCUT2D eigenvalue weighted by Gasteiger charge is 2.23. The van der Waals surface area contributed by atoms with Crippen molar-refractivity contribution in [3.8, 4) is 0 Å². The molecule has 4 nitrogen and oxygen atoms in total. The first kappa shape index (κ1) is 19.5. The summed E-state index contributed by atoms with van der Waals surface area (Å²) in [6.07, 6.45) is 0.929. The van der Waals surface area contributed by atoms with Crippen LogP contribution < -0.4 is 4.72 Å². The van der Waals surface area contributed by atoms with Crippen LogP contribution in [0.2, 0.25) is 0 Å². The Labute approximate surface area is 163 Å². The van der Waals surface area contributed by atoms with E-state index in [1.807, 2.05) is 41.8 Å². The van der Waals surface area contributed by atoms with E-state index >= 15 is 0 Å². The SMILES string of the molecule is CCc1ccc([C@H](NS(=O)(=O)c2ccc(C(C)=O)cc2)c2cccs2)cc1. The van der Waals surface area contributed by atoms with Crippen LogP contribution >= 0.6 is 11.3 Å². The summed E-state index contributed by atoms with van der Waals surface area (Å²) in [4.78, 5) is 12.5. The van der Waals surface area contributed by atoms with E-state index in [0.29, 0.717) is 5.56 Å². The van der Waals surface area contributed by atoms with E-state index in [-0.39, 0.29) is 10.7 Å². The smallest absolute Gasteiger partial charge is 0.241 e. The van der Waals surface area contributed by atoms with Crippen molar-refractivity contribution in [2.75, 3.05) is 0 Å².